The molecule has 0 bridgehead atoms. The number of hydrogen-bond acceptors (Lipinski definition) is 5. The number of nitrogens with zero attached hydrogens (tertiary/aromatic N) is 5. The summed E-state index contributed by atoms with van der Waals surface area (Å²) >= 11 is 0. The smallest absolute Gasteiger partial charge is 0.274 e. The largest absolute Gasteiger partial charge is 0.353 e. The Morgan fingerprint density at radius 1 is 0.966 bits per heavy atom. The first kappa shape index (κ1) is 18.7. The number of anilines is 2. The van der Waals surface area contributed by atoms with Gasteiger partial charge in [-0.3, -0.25) is 14.3 Å². The maximum absolute atomic E-state index is 12.9. The summed E-state index contributed by atoms with van der Waals surface area (Å²) in [5.41, 5.74) is 0.870. The number of rotatable bonds is 4. The van der Waals surface area contributed by atoms with E-state index in [0.29, 0.717) is 43.3 Å². The van der Waals surface area contributed by atoms with E-state index in [-0.39, 0.29) is 11.8 Å². The highest BCUT2D eigenvalue weighted by Gasteiger charge is 2.25. The fourth-order valence-corrected chi connectivity index (χ4v) is 3.31. The molecule has 0 atom stereocenters. The molecule has 0 radical (unpaired) electrons. The Kier molecular flexibility index (Phi) is 5.24. The van der Waals surface area contributed by atoms with Gasteiger partial charge in [-0.05, 0) is 24.3 Å². The molecule has 3 aromatic rings. The highest BCUT2D eigenvalue weighted by Crippen LogP contribution is 2.16. The van der Waals surface area contributed by atoms with Crippen LogP contribution in [0.1, 0.15) is 20.8 Å². The normalized spacial score (nSPS) is 14.0. The van der Waals surface area contributed by atoms with E-state index in [1.165, 1.54) is 4.68 Å². The lowest BCUT2D eigenvalue weighted by Gasteiger charge is -2.35. The number of benzene rings is 1. The van der Waals surface area contributed by atoms with Gasteiger partial charge in [0.15, 0.2) is 5.69 Å². The van der Waals surface area contributed by atoms with Gasteiger partial charge in [0, 0.05) is 51.1 Å². The van der Waals surface area contributed by atoms with Crippen molar-refractivity contribution in [2.45, 2.75) is 0 Å². The third-order valence-corrected chi connectivity index (χ3v) is 4.92. The number of aromatic nitrogens is 3. The highest BCUT2D eigenvalue weighted by atomic mass is 16.2. The van der Waals surface area contributed by atoms with E-state index < -0.39 is 0 Å². The predicted molar refractivity (Wildman–Crippen MR) is 110 cm³/mol. The minimum Gasteiger partial charge on any atom is -0.353 e. The van der Waals surface area contributed by atoms with Gasteiger partial charge in [0.1, 0.15) is 11.6 Å². The molecule has 2 aromatic heterocycles. The molecule has 3 heterocycles. The molecular weight excluding hydrogens is 368 g/mol. The van der Waals surface area contributed by atoms with Crippen molar-refractivity contribution in [3.63, 3.8) is 0 Å². The third-order valence-electron chi connectivity index (χ3n) is 4.92. The van der Waals surface area contributed by atoms with Crippen LogP contribution in [0.2, 0.25) is 0 Å². The van der Waals surface area contributed by atoms with Gasteiger partial charge in [0.2, 0.25) is 0 Å². The number of hydrogen-bond donors (Lipinski definition) is 1. The molecule has 0 unspecified atom stereocenters. The zero-order valence-electron chi connectivity index (χ0n) is 16.2. The lowest BCUT2D eigenvalue weighted by atomic mass is 10.2. The summed E-state index contributed by atoms with van der Waals surface area (Å²) < 4.78 is 1.51. The first-order chi connectivity index (χ1) is 14.1. The van der Waals surface area contributed by atoms with Crippen LogP contribution in [-0.4, -0.2) is 57.7 Å². The summed E-state index contributed by atoms with van der Waals surface area (Å²) in [5, 5.41) is 7.10. The van der Waals surface area contributed by atoms with Gasteiger partial charge in [-0.2, -0.15) is 5.10 Å². The Bertz CT molecular complexity index is 995. The van der Waals surface area contributed by atoms with E-state index in [0.717, 1.165) is 5.82 Å². The van der Waals surface area contributed by atoms with Crippen molar-refractivity contribution in [1.82, 2.24) is 19.7 Å². The van der Waals surface area contributed by atoms with Crippen LogP contribution in [0.15, 0.2) is 60.8 Å². The maximum atomic E-state index is 12.9. The Morgan fingerprint density at radius 2 is 1.69 bits per heavy atom. The van der Waals surface area contributed by atoms with E-state index in [1.54, 1.807) is 48.5 Å². The Labute approximate surface area is 168 Å². The molecule has 148 valence electrons. The van der Waals surface area contributed by atoms with E-state index in [4.69, 9.17) is 0 Å². The number of carbonyl (C=O) groups is 2. The molecule has 1 N–H and O–H groups in total. The monoisotopic (exact) mass is 390 g/mol. The van der Waals surface area contributed by atoms with Crippen molar-refractivity contribution in [2.24, 2.45) is 7.05 Å². The molecule has 1 saturated heterocycles. The van der Waals surface area contributed by atoms with E-state index >= 15 is 0 Å². The summed E-state index contributed by atoms with van der Waals surface area (Å²) in [5.74, 6) is 1.02. The molecule has 1 aromatic carbocycles. The second-order valence-electron chi connectivity index (χ2n) is 6.83. The van der Waals surface area contributed by atoms with Crippen LogP contribution in [0.25, 0.3) is 0 Å². The van der Waals surface area contributed by atoms with Crippen LogP contribution in [0, 0.1) is 0 Å². The minimum absolute atomic E-state index is 0.138. The lowest BCUT2D eigenvalue weighted by molar-refractivity contribution is 0.0739. The number of piperazine rings is 1. The van der Waals surface area contributed by atoms with Crippen LogP contribution in [0.5, 0.6) is 0 Å². The van der Waals surface area contributed by atoms with Crippen LogP contribution in [0.4, 0.5) is 11.6 Å². The Hall–Kier alpha value is -3.68. The quantitative estimate of drug-likeness (QED) is 0.737. The van der Waals surface area contributed by atoms with Gasteiger partial charge in [0.05, 0.1) is 0 Å². The zero-order valence-corrected chi connectivity index (χ0v) is 16.2. The number of amides is 2. The number of nitrogens with one attached hydrogen (secondary N) is 1. The topological polar surface area (TPSA) is 83.4 Å². The van der Waals surface area contributed by atoms with Crippen molar-refractivity contribution in [2.75, 3.05) is 36.4 Å². The van der Waals surface area contributed by atoms with Crippen LogP contribution >= 0.6 is 0 Å². The average molecular weight is 390 g/mol. The standard InChI is InChI=1S/C21H22N6O2/c1-25-19(23-20(28)16-7-3-2-4-8-16)15-17(24-25)21(29)27-13-11-26(12-14-27)18-9-5-6-10-22-18/h2-10,15H,11-14H2,1H3,(H,23,28). The van der Waals surface area contributed by atoms with Crippen molar-refractivity contribution >= 4 is 23.5 Å². The molecule has 29 heavy (non-hydrogen) atoms. The number of carbonyl (C=O) groups excluding carboxylic acids is 2. The fourth-order valence-electron chi connectivity index (χ4n) is 3.31. The fraction of sp³-hybridized carbons (Fsp3) is 0.238. The Morgan fingerprint density at radius 3 is 2.38 bits per heavy atom. The summed E-state index contributed by atoms with van der Waals surface area (Å²) in [6, 6.07) is 16.4. The van der Waals surface area contributed by atoms with Crippen molar-refractivity contribution < 1.29 is 9.59 Å². The molecular formula is C21H22N6O2. The van der Waals surface area contributed by atoms with E-state index in [9.17, 15) is 9.59 Å². The van der Waals surface area contributed by atoms with Gasteiger partial charge in [0.25, 0.3) is 11.8 Å². The molecule has 1 aliphatic heterocycles. The average Bonchev–Trinajstić information content (AvgIpc) is 3.14. The van der Waals surface area contributed by atoms with Gasteiger partial charge >= 0.3 is 0 Å². The molecule has 0 spiro atoms. The second kappa shape index (κ2) is 8.14. The molecule has 2 amide bonds. The summed E-state index contributed by atoms with van der Waals surface area (Å²) in [6.45, 7) is 2.62. The zero-order chi connectivity index (χ0) is 20.2. The number of aryl methyl sites for hydroxylation is 1. The van der Waals surface area contributed by atoms with Gasteiger partial charge in [-0.25, -0.2) is 4.98 Å². The first-order valence-corrected chi connectivity index (χ1v) is 9.47. The van der Waals surface area contributed by atoms with Crippen molar-refractivity contribution in [3.05, 3.63) is 72.1 Å². The minimum atomic E-state index is -0.239. The van der Waals surface area contributed by atoms with Crippen LogP contribution < -0.4 is 10.2 Å². The molecule has 4 rings (SSSR count). The number of pyridine rings is 1. The van der Waals surface area contributed by atoms with Crippen molar-refractivity contribution in [3.8, 4) is 0 Å². The lowest BCUT2D eigenvalue weighted by Crippen LogP contribution is -2.49. The SMILES string of the molecule is Cn1nc(C(=O)N2CCN(c3ccccn3)CC2)cc1NC(=O)c1ccccc1. The van der Waals surface area contributed by atoms with Gasteiger partial charge in [-0.15, -0.1) is 0 Å². The molecule has 8 heteroatoms. The van der Waals surface area contributed by atoms with Crippen molar-refractivity contribution in [1.29, 1.82) is 0 Å². The molecule has 0 saturated carbocycles. The summed E-state index contributed by atoms with van der Waals surface area (Å²) in [6.07, 6.45) is 1.77. The Balaban J connectivity index is 1.40. The molecule has 8 nitrogen and oxygen atoms in total. The maximum Gasteiger partial charge on any atom is 0.274 e. The van der Waals surface area contributed by atoms with Gasteiger partial charge < -0.3 is 15.1 Å². The van der Waals surface area contributed by atoms with E-state index in [1.807, 2.05) is 24.3 Å². The molecule has 1 aliphatic rings. The van der Waals surface area contributed by atoms with Gasteiger partial charge in [-0.1, -0.05) is 24.3 Å². The first-order valence-electron chi connectivity index (χ1n) is 9.47. The summed E-state index contributed by atoms with van der Waals surface area (Å²) in [7, 11) is 1.70. The highest BCUT2D eigenvalue weighted by molar-refractivity contribution is 6.04. The summed E-state index contributed by atoms with van der Waals surface area (Å²) in [4.78, 5) is 33.5. The predicted octanol–water partition coefficient (Wildman–Crippen LogP) is 2.03. The second-order valence-corrected chi connectivity index (χ2v) is 6.83. The molecule has 1 fully saturated rings. The van der Waals surface area contributed by atoms with Crippen LogP contribution in [-0.2, 0) is 7.05 Å². The molecule has 0 aliphatic carbocycles. The van der Waals surface area contributed by atoms with Crippen LogP contribution in [0.3, 0.4) is 0 Å². The third kappa shape index (κ3) is 4.11. The van der Waals surface area contributed by atoms with E-state index in [2.05, 4.69) is 20.3 Å².